The molecule has 0 aliphatic carbocycles. The van der Waals surface area contributed by atoms with Crippen LogP contribution in [0.3, 0.4) is 0 Å². The summed E-state index contributed by atoms with van der Waals surface area (Å²) in [5, 5.41) is 3.26. The molecule has 4 heteroatoms. The van der Waals surface area contributed by atoms with Crippen LogP contribution in [0.2, 0.25) is 0 Å². The minimum atomic E-state index is 0.850. The molecule has 0 saturated carbocycles. The van der Waals surface area contributed by atoms with Crippen LogP contribution in [0.4, 0.5) is 5.82 Å². The maximum absolute atomic E-state index is 5.18. The summed E-state index contributed by atoms with van der Waals surface area (Å²) in [5.41, 5.74) is 2.02. The average Bonchev–Trinajstić information content (AvgIpc) is 2.48. The molecule has 0 fully saturated rings. The van der Waals surface area contributed by atoms with E-state index in [1.165, 1.54) is 0 Å². The molecule has 0 aliphatic heterocycles. The molecule has 0 atom stereocenters. The summed E-state index contributed by atoms with van der Waals surface area (Å²) >= 11 is 0. The van der Waals surface area contributed by atoms with E-state index in [1.807, 2.05) is 30.3 Å². The molecule has 1 aromatic carbocycles. The molecule has 0 aliphatic rings. The summed E-state index contributed by atoms with van der Waals surface area (Å²) in [6.07, 6.45) is 1.93. The first-order chi connectivity index (χ1) is 9.76. The van der Waals surface area contributed by atoms with E-state index in [0.29, 0.717) is 0 Å². The fourth-order valence-electron chi connectivity index (χ4n) is 2.01. The van der Waals surface area contributed by atoms with E-state index < -0.39 is 0 Å². The standard InChI is InChI=1S/C16H21N3O/c1-4-6-15-18-14(11-16(19-15)17-5-2)12-7-9-13(20-3)10-8-12/h7-11H,4-6H2,1-3H3,(H,17,18,19). The lowest BCUT2D eigenvalue weighted by Gasteiger charge is -2.09. The van der Waals surface area contributed by atoms with E-state index in [9.17, 15) is 0 Å². The number of hydrogen-bond donors (Lipinski definition) is 1. The van der Waals surface area contributed by atoms with Gasteiger partial charge in [0.05, 0.1) is 12.8 Å². The van der Waals surface area contributed by atoms with Crippen molar-refractivity contribution < 1.29 is 4.74 Å². The summed E-state index contributed by atoms with van der Waals surface area (Å²) in [4.78, 5) is 9.16. The Morgan fingerprint density at radius 2 is 1.85 bits per heavy atom. The van der Waals surface area contributed by atoms with Crippen molar-refractivity contribution in [2.75, 3.05) is 19.0 Å². The molecule has 20 heavy (non-hydrogen) atoms. The predicted molar refractivity (Wildman–Crippen MR) is 82.2 cm³/mol. The van der Waals surface area contributed by atoms with Crippen LogP contribution < -0.4 is 10.1 Å². The highest BCUT2D eigenvalue weighted by molar-refractivity contribution is 5.63. The third-order valence-electron chi connectivity index (χ3n) is 2.99. The minimum absolute atomic E-state index is 0.850. The highest BCUT2D eigenvalue weighted by atomic mass is 16.5. The first kappa shape index (κ1) is 14.3. The molecular weight excluding hydrogens is 250 g/mol. The van der Waals surface area contributed by atoms with Crippen molar-refractivity contribution in [3.05, 3.63) is 36.2 Å². The molecule has 0 amide bonds. The maximum atomic E-state index is 5.18. The first-order valence-corrected chi connectivity index (χ1v) is 7.03. The second-order valence-corrected chi connectivity index (χ2v) is 4.56. The number of aromatic nitrogens is 2. The van der Waals surface area contributed by atoms with E-state index in [4.69, 9.17) is 4.74 Å². The van der Waals surface area contributed by atoms with Crippen LogP contribution in [0, 0.1) is 0 Å². The number of nitrogens with zero attached hydrogens (tertiary/aromatic N) is 2. The second-order valence-electron chi connectivity index (χ2n) is 4.56. The highest BCUT2D eigenvalue weighted by Crippen LogP contribution is 2.23. The van der Waals surface area contributed by atoms with Gasteiger partial charge in [0.1, 0.15) is 17.4 Å². The number of benzene rings is 1. The van der Waals surface area contributed by atoms with Crippen molar-refractivity contribution in [3.8, 4) is 17.0 Å². The Labute approximate surface area is 120 Å². The third kappa shape index (κ3) is 3.47. The quantitative estimate of drug-likeness (QED) is 0.873. The summed E-state index contributed by atoms with van der Waals surface area (Å²) in [6.45, 7) is 5.05. The Morgan fingerprint density at radius 1 is 1.10 bits per heavy atom. The Morgan fingerprint density at radius 3 is 2.45 bits per heavy atom. The summed E-state index contributed by atoms with van der Waals surface area (Å²) in [6, 6.07) is 9.93. The molecule has 0 radical (unpaired) electrons. The zero-order chi connectivity index (χ0) is 14.4. The van der Waals surface area contributed by atoms with Crippen molar-refractivity contribution in [2.45, 2.75) is 26.7 Å². The van der Waals surface area contributed by atoms with Crippen molar-refractivity contribution in [3.63, 3.8) is 0 Å². The number of aryl methyl sites for hydroxylation is 1. The molecule has 0 spiro atoms. The van der Waals surface area contributed by atoms with E-state index in [-0.39, 0.29) is 0 Å². The molecule has 0 bridgehead atoms. The number of ether oxygens (including phenoxy) is 1. The molecule has 0 unspecified atom stereocenters. The monoisotopic (exact) mass is 271 g/mol. The van der Waals surface area contributed by atoms with E-state index >= 15 is 0 Å². The Balaban J connectivity index is 2.37. The van der Waals surface area contributed by atoms with Gasteiger partial charge in [-0.3, -0.25) is 0 Å². The van der Waals surface area contributed by atoms with Gasteiger partial charge >= 0.3 is 0 Å². The van der Waals surface area contributed by atoms with Crippen LogP contribution in [0.15, 0.2) is 30.3 Å². The van der Waals surface area contributed by atoms with Crippen LogP contribution in [0.1, 0.15) is 26.1 Å². The lowest BCUT2D eigenvalue weighted by Crippen LogP contribution is -2.04. The van der Waals surface area contributed by atoms with Crippen LogP contribution in [0.25, 0.3) is 11.3 Å². The molecule has 1 aromatic heterocycles. The van der Waals surface area contributed by atoms with Gasteiger partial charge in [0.15, 0.2) is 0 Å². The van der Waals surface area contributed by atoms with E-state index in [2.05, 4.69) is 29.1 Å². The van der Waals surface area contributed by atoms with Crippen molar-refractivity contribution >= 4 is 5.82 Å². The van der Waals surface area contributed by atoms with Gasteiger partial charge in [-0.15, -0.1) is 0 Å². The number of hydrogen-bond acceptors (Lipinski definition) is 4. The topological polar surface area (TPSA) is 47.0 Å². The zero-order valence-corrected chi connectivity index (χ0v) is 12.3. The Hall–Kier alpha value is -2.10. The highest BCUT2D eigenvalue weighted by Gasteiger charge is 2.06. The molecule has 2 rings (SSSR count). The van der Waals surface area contributed by atoms with Gasteiger partial charge in [-0.25, -0.2) is 9.97 Å². The summed E-state index contributed by atoms with van der Waals surface area (Å²) in [5.74, 6) is 2.62. The normalized spacial score (nSPS) is 10.3. The third-order valence-corrected chi connectivity index (χ3v) is 2.99. The summed E-state index contributed by atoms with van der Waals surface area (Å²) < 4.78 is 5.18. The largest absolute Gasteiger partial charge is 0.497 e. The van der Waals surface area contributed by atoms with Gasteiger partial charge < -0.3 is 10.1 Å². The van der Waals surface area contributed by atoms with Gasteiger partial charge in [-0.2, -0.15) is 0 Å². The Bertz CT molecular complexity index is 528. The molecule has 106 valence electrons. The lowest BCUT2D eigenvalue weighted by atomic mass is 10.1. The Kier molecular flexibility index (Phi) is 4.93. The SMILES string of the molecule is CCCc1nc(NCC)cc(-c2ccc(OC)cc2)n1. The van der Waals surface area contributed by atoms with Crippen molar-refractivity contribution in [2.24, 2.45) is 0 Å². The van der Waals surface area contributed by atoms with E-state index in [1.54, 1.807) is 7.11 Å². The number of methoxy groups -OCH3 is 1. The molecule has 0 saturated heterocycles. The number of anilines is 1. The van der Waals surface area contributed by atoms with Gasteiger partial charge in [0, 0.05) is 24.6 Å². The smallest absolute Gasteiger partial charge is 0.131 e. The predicted octanol–water partition coefficient (Wildman–Crippen LogP) is 3.54. The lowest BCUT2D eigenvalue weighted by molar-refractivity contribution is 0.415. The van der Waals surface area contributed by atoms with Crippen molar-refractivity contribution in [1.82, 2.24) is 9.97 Å². The fourth-order valence-corrected chi connectivity index (χ4v) is 2.01. The maximum Gasteiger partial charge on any atom is 0.131 e. The van der Waals surface area contributed by atoms with Crippen LogP contribution >= 0.6 is 0 Å². The van der Waals surface area contributed by atoms with Crippen LogP contribution in [-0.4, -0.2) is 23.6 Å². The van der Waals surface area contributed by atoms with Gasteiger partial charge in [0.2, 0.25) is 0 Å². The van der Waals surface area contributed by atoms with Crippen LogP contribution in [-0.2, 0) is 6.42 Å². The zero-order valence-electron chi connectivity index (χ0n) is 12.3. The molecular formula is C16H21N3O. The second kappa shape index (κ2) is 6.89. The molecule has 1 heterocycles. The van der Waals surface area contributed by atoms with E-state index in [0.717, 1.165) is 48.0 Å². The first-order valence-electron chi connectivity index (χ1n) is 7.03. The number of rotatable bonds is 6. The molecule has 1 N–H and O–H groups in total. The molecule has 2 aromatic rings. The number of nitrogens with one attached hydrogen (secondary N) is 1. The van der Waals surface area contributed by atoms with Gasteiger partial charge in [-0.05, 0) is 37.6 Å². The van der Waals surface area contributed by atoms with Crippen molar-refractivity contribution in [1.29, 1.82) is 0 Å². The average molecular weight is 271 g/mol. The molecule has 4 nitrogen and oxygen atoms in total. The van der Waals surface area contributed by atoms with Gasteiger partial charge in [0.25, 0.3) is 0 Å². The minimum Gasteiger partial charge on any atom is -0.497 e. The van der Waals surface area contributed by atoms with Crippen LogP contribution in [0.5, 0.6) is 5.75 Å². The van der Waals surface area contributed by atoms with Gasteiger partial charge in [-0.1, -0.05) is 6.92 Å². The summed E-state index contributed by atoms with van der Waals surface area (Å²) in [7, 11) is 1.67. The fraction of sp³-hybridized carbons (Fsp3) is 0.375.